The van der Waals surface area contributed by atoms with Gasteiger partial charge in [0.25, 0.3) is 0 Å². The minimum Gasteiger partial charge on any atom is -0.298 e. The van der Waals surface area contributed by atoms with Crippen molar-refractivity contribution in [2.75, 3.05) is 5.75 Å². The lowest BCUT2D eigenvalue weighted by Crippen LogP contribution is -2.31. The Morgan fingerprint density at radius 1 is 1.21 bits per heavy atom. The molecule has 1 heterocycles. The fraction of sp³-hybridized carbons (Fsp3) is 0.562. The summed E-state index contributed by atoms with van der Waals surface area (Å²) in [6.45, 7) is 4.50. The molecule has 1 aliphatic heterocycles. The maximum Gasteiger partial charge on any atom is 0.146 e. The molecule has 0 aromatic heterocycles. The Morgan fingerprint density at radius 3 is 2.63 bits per heavy atom. The lowest BCUT2D eigenvalue weighted by atomic mass is 10.1. The molecule has 3 heteroatoms. The minimum atomic E-state index is 0.229. The highest BCUT2D eigenvalue weighted by molar-refractivity contribution is 8.08. The van der Waals surface area contributed by atoms with Crippen molar-refractivity contribution < 1.29 is 4.79 Å². The van der Waals surface area contributed by atoms with Gasteiger partial charge in [0, 0.05) is 22.7 Å². The molecular formula is C16H22OS2. The van der Waals surface area contributed by atoms with Gasteiger partial charge in [0.15, 0.2) is 0 Å². The Bertz CT molecular complexity index is 404. The third-order valence-electron chi connectivity index (χ3n) is 3.64. The molecule has 1 saturated heterocycles. The van der Waals surface area contributed by atoms with Gasteiger partial charge in [-0.15, -0.1) is 11.8 Å². The van der Waals surface area contributed by atoms with Crippen LogP contribution in [0.4, 0.5) is 0 Å². The van der Waals surface area contributed by atoms with Crippen molar-refractivity contribution in [1.82, 2.24) is 0 Å². The molecule has 0 N–H and O–H groups in total. The van der Waals surface area contributed by atoms with Gasteiger partial charge in [0.05, 0.1) is 5.25 Å². The number of rotatable bonds is 5. The van der Waals surface area contributed by atoms with Crippen molar-refractivity contribution in [1.29, 1.82) is 0 Å². The molecule has 104 valence electrons. The molecule has 0 amide bonds. The standard InChI is InChI=1S/C16H22OS2/c1-12-13(2)19-16(11-18-12)15(17)10-6-9-14-7-4-3-5-8-14/h3-5,7-8,12-13,16H,6,9-11H2,1-2H3. The number of thioether (sulfide) groups is 2. The van der Waals surface area contributed by atoms with Crippen LogP contribution in [0.1, 0.15) is 32.3 Å². The van der Waals surface area contributed by atoms with Crippen molar-refractivity contribution in [3.63, 3.8) is 0 Å². The smallest absolute Gasteiger partial charge is 0.146 e. The quantitative estimate of drug-likeness (QED) is 0.810. The number of benzene rings is 1. The third-order valence-corrected chi connectivity index (χ3v) is 7.08. The largest absolute Gasteiger partial charge is 0.298 e. The summed E-state index contributed by atoms with van der Waals surface area (Å²) >= 11 is 3.83. The fourth-order valence-corrected chi connectivity index (χ4v) is 5.15. The monoisotopic (exact) mass is 294 g/mol. The first-order chi connectivity index (χ1) is 9.16. The molecular weight excluding hydrogens is 272 g/mol. The van der Waals surface area contributed by atoms with Gasteiger partial charge in [-0.05, 0) is 18.4 Å². The second-order valence-electron chi connectivity index (χ2n) is 5.17. The van der Waals surface area contributed by atoms with E-state index in [-0.39, 0.29) is 5.25 Å². The molecule has 1 aromatic carbocycles. The van der Waals surface area contributed by atoms with Gasteiger partial charge in [0.1, 0.15) is 5.78 Å². The molecule has 0 aliphatic carbocycles. The van der Waals surface area contributed by atoms with E-state index in [0.29, 0.717) is 16.3 Å². The summed E-state index contributed by atoms with van der Waals surface area (Å²) in [7, 11) is 0. The summed E-state index contributed by atoms with van der Waals surface area (Å²) in [5.41, 5.74) is 1.34. The van der Waals surface area contributed by atoms with E-state index in [1.807, 2.05) is 29.6 Å². The Hall–Kier alpha value is -0.410. The van der Waals surface area contributed by atoms with Gasteiger partial charge < -0.3 is 0 Å². The van der Waals surface area contributed by atoms with Gasteiger partial charge in [-0.1, -0.05) is 44.2 Å². The average Bonchev–Trinajstić information content (AvgIpc) is 2.43. The van der Waals surface area contributed by atoms with Crippen LogP contribution in [-0.4, -0.2) is 27.3 Å². The van der Waals surface area contributed by atoms with Crippen LogP contribution >= 0.6 is 23.5 Å². The van der Waals surface area contributed by atoms with Gasteiger partial charge in [-0.25, -0.2) is 0 Å². The second-order valence-corrected chi connectivity index (χ2v) is 8.17. The van der Waals surface area contributed by atoms with Gasteiger partial charge in [0.2, 0.25) is 0 Å². The number of aryl methyl sites for hydroxylation is 1. The number of carbonyl (C=O) groups excluding carboxylic acids is 1. The molecule has 0 spiro atoms. The van der Waals surface area contributed by atoms with Crippen LogP contribution in [-0.2, 0) is 11.2 Å². The SMILES string of the molecule is CC1SCC(C(=O)CCCc2ccccc2)SC1C. The van der Waals surface area contributed by atoms with Crippen LogP contribution in [0.25, 0.3) is 0 Å². The molecule has 0 radical (unpaired) electrons. The maximum absolute atomic E-state index is 12.2. The number of hydrogen-bond donors (Lipinski definition) is 0. The highest BCUT2D eigenvalue weighted by Gasteiger charge is 2.29. The molecule has 0 saturated carbocycles. The van der Waals surface area contributed by atoms with E-state index in [1.54, 1.807) is 0 Å². The highest BCUT2D eigenvalue weighted by Crippen LogP contribution is 2.36. The summed E-state index contributed by atoms with van der Waals surface area (Å²) in [6, 6.07) is 10.4. The summed E-state index contributed by atoms with van der Waals surface area (Å²) in [5, 5.41) is 1.51. The number of carbonyl (C=O) groups is 1. The molecule has 3 atom stereocenters. The first kappa shape index (κ1) is 15.0. The van der Waals surface area contributed by atoms with Crippen molar-refractivity contribution in [2.45, 2.75) is 48.9 Å². The van der Waals surface area contributed by atoms with Crippen LogP contribution in [0.15, 0.2) is 30.3 Å². The predicted octanol–water partition coefficient (Wildman–Crippen LogP) is 4.20. The third kappa shape index (κ3) is 4.57. The van der Waals surface area contributed by atoms with Crippen molar-refractivity contribution in [3.8, 4) is 0 Å². The second kappa shape index (κ2) is 7.39. The zero-order valence-corrected chi connectivity index (χ0v) is 13.3. The van der Waals surface area contributed by atoms with E-state index in [2.05, 4.69) is 38.1 Å². The summed E-state index contributed by atoms with van der Waals surface area (Å²) in [4.78, 5) is 12.2. The first-order valence-corrected chi connectivity index (χ1v) is 8.99. The van der Waals surface area contributed by atoms with E-state index in [0.717, 1.165) is 25.0 Å². The van der Waals surface area contributed by atoms with E-state index in [4.69, 9.17) is 0 Å². The Morgan fingerprint density at radius 2 is 1.95 bits per heavy atom. The average molecular weight is 294 g/mol. The molecule has 3 unspecified atom stereocenters. The van der Waals surface area contributed by atoms with Crippen molar-refractivity contribution >= 4 is 29.3 Å². The zero-order chi connectivity index (χ0) is 13.7. The topological polar surface area (TPSA) is 17.1 Å². The zero-order valence-electron chi connectivity index (χ0n) is 11.7. The molecule has 2 rings (SSSR count). The van der Waals surface area contributed by atoms with E-state index in [1.165, 1.54) is 5.56 Å². The minimum absolute atomic E-state index is 0.229. The Kier molecular flexibility index (Phi) is 5.83. The van der Waals surface area contributed by atoms with Crippen LogP contribution in [0, 0.1) is 0 Å². The summed E-state index contributed by atoms with van der Waals surface area (Å²) < 4.78 is 0. The number of Topliss-reactive ketones (excluding diaryl/α,β-unsaturated/α-hetero) is 1. The van der Waals surface area contributed by atoms with Crippen molar-refractivity contribution in [3.05, 3.63) is 35.9 Å². The van der Waals surface area contributed by atoms with Crippen LogP contribution in [0.2, 0.25) is 0 Å². The summed E-state index contributed by atoms with van der Waals surface area (Å²) in [6.07, 6.45) is 2.73. The van der Waals surface area contributed by atoms with Crippen LogP contribution < -0.4 is 0 Å². The van der Waals surface area contributed by atoms with E-state index < -0.39 is 0 Å². The molecule has 1 nitrogen and oxygen atoms in total. The van der Waals surface area contributed by atoms with Crippen LogP contribution in [0.5, 0.6) is 0 Å². The lowest BCUT2D eigenvalue weighted by molar-refractivity contribution is -0.118. The normalized spacial score (nSPS) is 27.2. The molecule has 1 fully saturated rings. The number of ketones is 1. The molecule has 1 aliphatic rings. The predicted molar refractivity (Wildman–Crippen MR) is 87.1 cm³/mol. The van der Waals surface area contributed by atoms with E-state index in [9.17, 15) is 4.79 Å². The fourth-order valence-electron chi connectivity index (χ4n) is 2.22. The molecule has 0 bridgehead atoms. The lowest BCUT2D eigenvalue weighted by Gasteiger charge is -2.30. The Balaban J connectivity index is 1.73. The Labute approximate surface area is 124 Å². The maximum atomic E-state index is 12.2. The number of hydrogen-bond acceptors (Lipinski definition) is 3. The van der Waals surface area contributed by atoms with Crippen molar-refractivity contribution in [2.24, 2.45) is 0 Å². The molecule has 1 aromatic rings. The molecule has 19 heavy (non-hydrogen) atoms. The van der Waals surface area contributed by atoms with Gasteiger partial charge in [-0.3, -0.25) is 4.79 Å². The van der Waals surface area contributed by atoms with Gasteiger partial charge in [-0.2, -0.15) is 11.8 Å². The van der Waals surface area contributed by atoms with Crippen LogP contribution in [0.3, 0.4) is 0 Å². The van der Waals surface area contributed by atoms with Gasteiger partial charge >= 0.3 is 0 Å². The highest BCUT2D eigenvalue weighted by atomic mass is 32.2. The summed E-state index contributed by atoms with van der Waals surface area (Å²) in [5.74, 6) is 1.45. The first-order valence-electron chi connectivity index (χ1n) is 7.00. The van der Waals surface area contributed by atoms with E-state index >= 15 is 0 Å².